The molecule has 0 aromatic carbocycles. The predicted molar refractivity (Wildman–Crippen MR) is 113 cm³/mol. The zero-order valence-electron chi connectivity index (χ0n) is 18.6. The number of amides is 1. The smallest absolute Gasteiger partial charge is 0.407 e. The van der Waals surface area contributed by atoms with Crippen LogP contribution in [-0.4, -0.2) is 62.9 Å². The Balaban J connectivity index is 1.51. The number of rotatable bonds is 8. The lowest BCUT2D eigenvalue weighted by Gasteiger charge is -2.16. The number of aromatic nitrogens is 5. The lowest BCUT2D eigenvalue weighted by molar-refractivity contribution is 0.0615. The van der Waals surface area contributed by atoms with Gasteiger partial charge < -0.3 is 24.8 Å². The Morgan fingerprint density at radius 3 is 2.88 bits per heavy atom. The molecule has 14 heteroatoms. The van der Waals surface area contributed by atoms with Crippen LogP contribution in [0.3, 0.4) is 0 Å². The van der Waals surface area contributed by atoms with Crippen LogP contribution in [-0.2, 0) is 20.8 Å². The van der Waals surface area contributed by atoms with Crippen LogP contribution in [0.5, 0.6) is 0 Å². The Morgan fingerprint density at radius 1 is 1.38 bits per heavy atom. The summed E-state index contributed by atoms with van der Waals surface area (Å²) in [4.78, 5) is 15.7. The number of nitrogens with one attached hydrogen (secondary N) is 3. The topological polar surface area (TPSA) is 128 Å². The highest BCUT2D eigenvalue weighted by Gasteiger charge is 2.42. The van der Waals surface area contributed by atoms with E-state index in [1.165, 1.54) is 17.7 Å². The Hall–Kier alpha value is -3.39. The number of anilines is 2. The lowest BCUT2D eigenvalue weighted by atomic mass is 10.1. The minimum absolute atomic E-state index is 0.0846. The Labute approximate surface area is 192 Å². The first-order valence-corrected chi connectivity index (χ1v) is 10.5. The standard InChI is InChI=1S/C20H24F3N7O4/c1-9(2)24-20(31)34-14-8-33-17(16(14)21)11-5-15(28-27-11)26-19-13-4-10(7-32-3)29-30(13)6-12(25-19)18(22)23/h4-6,9,14,16-18H,7-8H2,1-3H3,(H,24,31)(H2,25,26,27,28)/t14-,16+,17-/m0/s1. The average Bonchev–Trinajstić information content (AvgIpc) is 3.47. The molecular weight excluding hydrogens is 459 g/mol. The van der Waals surface area contributed by atoms with Gasteiger partial charge in [0.15, 0.2) is 23.9 Å². The van der Waals surface area contributed by atoms with Crippen LogP contribution in [0.4, 0.5) is 29.6 Å². The number of carbonyl (C=O) groups excluding carboxylic acids is 1. The molecule has 4 rings (SSSR count). The molecule has 1 fully saturated rings. The van der Waals surface area contributed by atoms with E-state index in [-0.39, 0.29) is 36.6 Å². The van der Waals surface area contributed by atoms with Gasteiger partial charge in [-0.05, 0) is 19.9 Å². The van der Waals surface area contributed by atoms with E-state index in [9.17, 15) is 18.0 Å². The predicted octanol–water partition coefficient (Wildman–Crippen LogP) is 3.19. The Kier molecular flexibility index (Phi) is 6.88. The van der Waals surface area contributed by atoms with Gasteiger partial charge in [-0.25, -0.2) is 27.5 Å². The van der Waals surface area contributed by atoms with Gasteiger partial charge in [0.25, 0.3) is 6.43 Å². The highest BCUT2D eigenvalue weighted by Crippen LogP contribution is 2.34. The second kappa shape index (κ2) is 9.85. The fraction of sp³-hybridized carbons (Fsp3) is 0.500. The Morgan fingerprint density at radius 2 is 2.18 bits per heavy atom. The van der Waals surface area contributed by atoms with E-state index in [0.29, 0.717) is 11.2 Å². The minimum atomic E-state index is -2.82. The highest BCUT2D eigenvalue weighted by atomic mass is 19.3. The zero-order valence-corrected chi connectivity index (χ0v) is 18.6. The molecule has 184 valence electrons. The first-order chi connectivity index (χ1) is 16.2. The van der Waals surface area contributed by atoms with Gasteiger partial charge in [0.05, 0.1) is 30.8 Å². The number of methoxy groups -OCH3 is 1. The van der Waals surface area contributed by atoms with Crippen molar-refractivity contribution >= 4 is 23.2 Å². The third kappa shape index (κ3) is 5.07. The first kappa shape index (κ1) is 23.8. The molecule has 0 unspecified atom stereocenters. The molecular formula is C20H24F3N7O4. The normalized spacial score (nSPS) is 20.4. The average molecular weight is 483 g/mol. The van der Waals surface area contributed by atoms with Crippen LogP contribution in [0.2, 0.25) is 0 Å². The summed E-state index contributed by atoms with van der Waals surface area (Å²) in [6, 6.07) is 2.95. The number of hydrogen-bond acceptors (Lipinski definition) is 8. The van der Waals surface area contributed by atoms with E-state index in [2.05, 4.69) is 30.9 Å². The van der Waals surface area contributed by atoms with Crippen molar-refractivity contribution in [3.63, 3.8) is 0 Å². The van der Waals surface area contributed by atoms with E-state index in [4.69, 9.17) is 14.2 Å². The zero-order chi connectivity index (χ0) is 24.4. The summed E-state index contributed by atoms with van der Waals surface area (Å²) in [7, 11) is 1.49. The number of aromatic amines is 1. The van der Waals surface area contributed by atoms with Crippen molar-refractivity contribution in [1.29, 1.82) is 0 Å². The second-order valence-electron chi connectivity index (χ2n) is 7.99. The molecule has 34 heavy (non-hydrogen) atoms. The van der Waals surface area contributed by atoms with E-state index in [1.54, 1.807) is 19.9 Å². The van der Waals surface area contributed by atoms with Crippen molar-refractivity contribution in [2.24, 2.45) is 0 Å². The minimum Gasteiger partial charge on any atom is -0.441 e. The molecule has 0 radical (unpaired) electrons. The molecule has 3 atom stereocenters. The van der Waals surface area contributed by atoms with Gasteiger partial charge in [0, 0.05) is 19.2 Å². The molecule has 4 heterocycles. The van der Waals surface area contributed by atoms with Crippen molar-refractivity contribution in [1.82, 2.24) is 30.1 Å². The van der Waals surface area contributed by atoms with Gasteiger partial charge in [-0.15, -0.1) is 0 Å². The van der Waals surface area contributed by atoms with Crippen molar-refractivity contribution in [3.05, 3.63) is 35.4 Å². The van der Waals surface area contributed by atoms with Crippen LogP contribution in [0, 0.1) is 0 Å². The molecule has 1 aliphatic heterocycles. The van der Waals surface area contributed by atoms with Crippen LogP contribution >= 0.6 is 0 Å². The van der Waals surface area contributed by atoms with E-state index in [0.717, 1.165) is 6.20 Å². The molecule has 0 spiro atoms. The number of halogens is 3. The summed E-state index contributed by atoms with van der Waals surface area (Å²) in [5, 5.41) is 16.3. The van der Waals surface area contributed by atoms with Crippen molar-refractivity contribution in [2.75, 3.05) is 19.0 Å². The van der Waals surface area contributed by atoms with Crippen molar-refractivity contribution in [2.45, 2.75) is 51.3 Å². The molecule has 0 saturated carbocycles. The number of alkyl carbamates (subject to hydrolysis) is 1. The van der Waals surface area contributed by atoms with Gasteiger partial charge >= 0.3 is 6.09 Å². The van der Waals surface area contributed by atoms with E-state index in [1.807, 2.05) is 0 Å². The number of carbonyl (C=O) groups is 1. The number of hydrogen-bond donors (Lipinski definition) is 3. The summed E-state index contributed by atoms with van der Waals surface area (Å²) in [5.41, 5.74) is 0.736. The van der Waals surface area contributed by atoms with Gasteiger partial charge in [-0.3, -0.25) is 5.10 Å². The van der Waals surface area contributed by atoms with Crippen LogP contribution in [0.1, 0.15) is 43.5 Å². The van der Waals surface area contributed by atoms with E-state index < -0.39 is 36.6 Å². The van der Waals surface area contributed by atoms with Gasteiger partial charge in [-0.1, -0.05) is 0 Å². The van der Waals surface area contributed by atoms with Gasteiger partial charge in [0.2, 0.25) is 0 Å². The summed E-state index contributed by atoms with van der Waals surface area (Å²) < 4.78 is 58.4. The molecule has 3 N–H and O–H groups in total. The third-order valence-corrected chi connectivity index (χ3v) is 4.94. The summed E-state index contributed by atoms with van der Waals surface area (Å²) in [6.07, 6.45) is -6.19. The largest absolute Gasteiger partial charge is 0.441 e. The van der Waals surface area contributed by atoms with Gasteiger partial charge in [-0.2, -0.15) is 10.2 Å². The van der Waals surface area contributed by atoms with Crippen molar-refractivity contribution < 1.29 is 32.2 Å². The quantitative estimate of drug-likeness (QED) is 0.446. The summed E-state index contributed by atoms with van der Waals surface area (Å²) in [5.74, 6) is 0.282. The maximum Gasteiger partial charge on any atom is 0.407 e. The van der Waals surface area contributed by atoms with Crippen molar-refractivity contribution in [3.8, 4) is 0 Å². The maximum absolute atomic E-state index is 14.9. The fourth-order valence-electron chi connectivity index (χ4n) is 3.49. The van der Waals surface area contributed by atoms with Crippen LogP contribution in [0.15, 0.2) is 18.3 Å². The van der Waals surface area contributed by atoms with E-state index >= 15 is 0 Å². The van der Waals surface area contributed by atoms with Crippen LogP contribution < -0.4 is 10.6 Å². The third-order valence-electron chi connectivity index (χ3n) is 4.94. The molecule has 3 aromatic heterocycles. The molecule has 1 aliphatic rings. The monoisotopic (exact) mass is 483 g/mol. The second-order valence-corrected chi connectivity index (χ2v) is 7.99. The number of ether oxygens (including phenoxy) is 3. The summed E-state index contributed by atoms with van der Waals surface area (Å²) >= 11 is 0. The SMILES string of the molecule is COCc1cc2c(Nc3cc([C@@H]4OC[C@H](OC(=O)NC(C)C)[C@H]4F)[nH]n3)nc(C(F)F)cn2n1. The number of H-pyrrole nitrogens is 1. The highest BCUT2D eigenvalue weighted by molar-refractivity contribution is 5.72. The first-order valence-electron chi connectivity index (χ1n) is 10.5. The molecule has 3 aromatic rings. The molecule has 1 amide bonds. The molecule has 0 aliphatic carbocycles. The number of nitrogens with zero attached hydrogens (tertiary/aromatic N) is 4. The number of fused-ring (bicyclic) bond motifs is 1. The molecule has 0 bridgehead atoms. The van der Waals surface area contributed by atoms with Gasteiger partial charge in [0.1, 0.15) is 17.3 Å². The maximum atomic E-state index is 14.9. The molecule has 11 nitrogen and oxygen atoms in total. The summed E-state index contributed by atoms with van der Waals surface area (Å²) in [6.45, 7) is 3.56. The Bertz CT molecular complexity index is 1150. The number of alkyl halides is 3. The lowest BCUT2D eigenvalue weighted by Crippen LogP contribution is -2.36. The van der Waals surface area contributed by atoms with Crippen LogP contribution in [0.25, 0.3) is 5.52 Å². The molecule has 1 saturated heterocycles. The fourth-order valence-corrected chi connectivity index (χ4v) is 3.49.